The zero-order valence-corrected chi connectivity index (χ0v) is 11.9. The van der Waals surface area contributed by atoms with Gasteiger partial charge in [-0.3, -0.25) is 0 Å². The Balaban J connectivity index is 2.52. The Labute approximate surface area is 110 Å². The number of hydrogen-bond acceptors (Lipinski definition) is 2. The number of rotatable bonds is 2. The van der Waals surface area contributed by atoms with E-state index >= 15 is 0 Å². The summed E-state index contributed by atoms with van der Waals surface area (Å²) in [7, 11) is 1.70. The van der Waals surface area contributed by atoms with E-state index in [1.54, 1.807) is 7.11 Å². The van der Waals surface area contributed by atoms with Crippen molar-refractivity contribution in [3.05, 3.63) is 29.3 Å². The summed E-state index contributed by atoms with van der Waals surface area (Å²) in [6.45, 7) is 8.65. The van der Waals surface area contributed by atoms with Crippen molar-refractivity contribution in [3.8, 4) is 11.8 Å². The predicted octanol–water partition coefficient (Wildman–Crippen LogP) is 3.79. The lowest BCUT2D eigenvalue weighted by Gasteiger charge is -2.24. The summed E-state index contributed by atoms with van der Waals surface area (Å²) < 4.78 is 5.44. The Hall–Kier alpha value is -1.49. The lowest BCUT2D eigenvalue weighted by molar-refractivity contribution is 0.397. The Morgan fingerprint density at radius 1 is 1.39 bits per heavy atom. The van der Waals surface area contributed by atoms with Gasteiger partial charge in [0.15, 0.2) is 0 Å². The van der Waals surface area contributed by atoms with Gasteiger partial charge in [0.05, 0.1) is 18.6 Å². The van der Waals surface area contributed by atoms with Gasteiger partial charge in [0.1, 0.15) is 5.75 Å². The van der Waals surface area contributed by atoms with Crippen molar-refractivity contribution in [3.63, 3.8) is 0 Å². The highest BCUT2D eigenvalue weighted by Gasteiger charge is 2.53. The van der Waals surface area contributed by atoms with Crippen LogP contribution < -0.4 is 4.74 Å². The predicted molar refractivity (Wildman–Crippen MR) is 72.8 cm³/mol. The van der Waals surface area contributed by atoms with Crippen molar-refractivity contribution in [2.24, 2.45) is 5.92 Å². The molecule has 0 heterocycles. The minimum absolute atomic E-state index is 0.0239. The van der Waals surface area contributed by atoms with E-state index < -0.39 is 0 Å². The fraction of sp³-hybridized carbons (Fsp3) is 0.562. The second kappa shape index (κ2) is 4.02. The van der Waals surface area contributed by atoms with E-state index in [-0.39, 0.29) is 10.8 Å². The molecule has 2 heteroatoms. The number of nitrogens with zero attached hydrogens (tertiary/aromatic N) is 1. The van der Waals surface area contributed by atoms with Gasteiger partial charge in [-0.1, -0.05) is 33.8 Å². The summed E-state index contributed by atoms with van der Waals surface area (Å²) in [5.41, 5.74) is 2.09. The second-order valence-electron chi connectivity index (χ2n) is 6.35. The average Bonchev–Trinajstić information content (AvgIpc) is 2.99. The van der Waals surface area contributed by atoms with E-state index in [1.807, 2.05) is 12.1 Å². The first-order chi connectivity index (χ1) is 8.35. The number of hydrogen-bond donors (Lipinski definition) is 0. The van der Waals surface area contributed by atoms with Crippen molar-refractivity contribution < 1.29 is 4.74 Å². The molecular weight excluding hydrogens is 222 g/mol. The molecule has 96 valence electrons. The first-order valence-electron chi connectivity index (χ1n) is 6.45. The highest BCUT2D eigenvalue weighted by atomic mass is 16.5. The molecule has 18 heavy (non-hydrogen) atoms. The molecule has 0 bridgehead atoms. The monoisotopic (exact) mass is 243 g/mol. The lowest BCUT2D eigenvalue weighted by Crippen LogP contribution is -2.15. The van der Waals surface area contributed by atoms with Gasteiger partial charge >= 0.3 is 0 Å². The first kappa shape index (κ1) is 13.0. The van der Waals surface area contributed by atoms with Crippen LogP contribution in [0.15, 0.2) is 18.2 Å². The third-order valence-electron chi connectivity index (χ3n) is 4.03. The van der Waals surface area contributed by atoms with Crippen molar-refractivity contribution >= 4 is 0 Å². The molecule has 0 aromatic heterocycles. The minimum Gasteiger partial charge on any atom is -0.496 e. The molecule has 1 aromatic carbocycles. The molecule has 2 rings (SSSR count). The Kier molecular flexibility index (Phi) is 2.89. The highest BCUT2D eigenvalue weighted by Crippen LogP contribution is 2.54. The standard InChI is InChI=1S/C16H21NO/c1-11-9-16(11,10-17)12-6-7-14(18-5)13(8-12)15(2,3)4/h6-8,11H,9H2,1-5H3. The summed E-state index contributed by atoms with van der Waals surface area (Å²) in [6.07, 6.45) is 0.972. The van der Waals surface area contributed by atoms with Crippen LogP contribution in [0.4, 0.5) is 0 Å². The van der Waals surface area contributed by atoms with Crippen LogP contribution >= 0.6 is 0 Å². The molecule has 0 spiro atoms. The van der Waals surface area contributed by atoms with Crippen LogP contribution in [0.1, 0.15) is 45.2 Å². The van der Waals surface area contributed by atoms with E-state index in [0.29, 0.717) is 5.92 Å². The third-order valence-corrected chi connectivity index (χ3v) is 4.03. The minimum atomic E-state index is -0.258. The molecule has 0 saturated heterocycles. The molecule has 1 saturated carbocycles. The van der Waals surface area contributed by atoms with Crippen molar-refractivity contribution in [2.45, 2.75) is 44.9 Å². The van der Waals surface area contributed by atoms with Gasteiger partial charge in [0.2, 0.25) is 0 Å². The van der Waals surface area contributed by atoms with Crippen molar-refractivity contribution in [1.29, 1.82) is 5.26 Å². The summed E-state index contributed by atoms with van der Waals surface area (Å²) in [4.78, 5) is 0. The van der Waals surface area contributed by atoms with Gasteiger partial charge in [-0.2, -0.15) is 5.26 Å². The van der Waals surface area contributed by atoms with Gasteiger partial charge in [0.25, 0.3) is 0 Å². The summed E-state index contributed by atoms with van der Waals surface area (Å²) in [6, 6.07) is 8.69. The van der Waals surface area contributed by atoms with Gasteiger partial charge in [-0.05, 0) is 41.0 Å². The van der Waals surface area contributed by atoms with Crippen LogP contribution in [0, 0.1) is 17.2 Å². The maximum Gasteiger partial charge on any atom is 0.122 e. The Bertz CT molecular complexity index is 507. The van der Waals surface area contributed by atoms with Gasteiger partial charge in [0, 0.05) is 0 Å². The number of methoxy groups -OCH3 is 1. The molecule has 2 atom stereocenters. The third kappa shape index (κ3) is 1.88. The Morgan fingerprint density at radius 2 is 2.00 bits per heavy atom. The molecule has 1 aromatic rings. The molecule has 0 amide bonds. The SMILES string of the molecule is COc1ccc(C2(C#N)CC2C)cc1C(C)(C)C. The summed E-state index contributed by atoms with van der Waals surface area (Å²) in [5.74, 6) is 1.37. The van der Waals surface area contributed by atoms with Crippen molar-refractivity contribution in [1.82, 2.24) is 0 Å². The maximum absolute atomic E-state index is 9.42. The number of nitriles is 1. The molecule has 1 aliphatic carbocycles. The smallest absolute Gasteiger partial charge is 0.122 e. The van der Waals surface area contributed by atoms with Crippen LogP contribution in [0.25, 0.3) is 0 Å². The normalized spacial score (nSPS) is 26.6. The topological polar surface area (TPSA) is 33.0 Å². The molecule has 1 aliphatic rings. The zero-order chi connectivity index (χ0) is 13.6. The van der Waals surface area contributed by atoms with Crippen LogP contribution in [0.5, 0.6) is 5.75 Å². The molecule has 1 fully saturated rings. The molecule has 0 N–H and O–H groups in total. The zero-order valence-electron chi connectivity index (χ0n) is 11.9. The van der Waals surface area contributed by atoms with E-state index in [4.69, 9.17) is 4.74 Å². The fourth-order valence-electron chi connectivity index (χ4n) is 2.62. The first-order valence-corrected chi connectivity index (χ1v) is 6.45. The summed E-state index contributed by atoms with van der Waals surface area (Å²) in [5, 5.41) is 9.42. The van der Waals surface area contributed by atoms with Gasteiger partial charge in [-0.25, -0.2) is 0 Å². The van der Waals surface area contributed by atoms with E-state index in [2.05, 4.69) is 39.8 Å². The fourth-order valence-corrected chi connectivity index (χ4v) is 2.62. The average molecular weight is 243 g/mol. The van der Waals surface area contributed by atoms with E-state index in [0.717, 1.165) is 17.7 Å². The van der Waals surface area contributed by atoms with Crippen LogP contribution in [0.3, 0.4) is 0 Å². The number of benzene rings is 1. The van der Waals surface area contributed by atoms with E-state index in [1.165, 1.54) is 5.56 Å². The molecule has 0 aliphatic heterocycles. The highest BCUT2D eigenvalue weighted by molar-refractivity contribution is 5.49. The van der Waals surface area contributed by atoms with Crippen LogP contribution in [-0.2, 0) is 10.8 Å². The van der Waals surface area contributed by atoms with Crippen LogP contribution in [0.2, 0.25) is 0 Å². The van der Waals surface area contributed by atoms with Crippen LogP contribution in [-0.4, -0.2) is 7.11 Å². The molecular formula is C16H21NO. The quantitative estimate of drug-likeness (QED) is 0.791. The Morgan fingerprint density at radius 3 is 2.39 bits per heavy atom. The second-order valence-corrected chi connectivity index (χ2v) is 6.35. The lowest BCUT2D eigenvalue weighted by atomic mass is 9.83. The van der Waals surface area contributed by atoms with Gasteiger partial charge < -0.3 is 4.74 Å². The molecule has 2 nitrogen and oxygen atoms in total. The summed E-state index contributed by atoms with van der Waals surface area (Å²) >= 11 is 0. The number of ether oxygens (including phenoxy) is 1. The van der Waals surface area contributed by atoms with E-state index in [9.17, 15) is 5.26 Å². The molecule has 2 unspecified atom stereocenters. The maximum atomic E-state index is 9.42. The largest absolute Gasteiger partial charge is 0.496 e. The molecule has 0 radical (unpaired) electrons. The van der Waals surface area contributed by atoms with Crippen molar-refractivity contribution in [2.75, 3.05) is 7.11 Å². The van der Waals surface area contributed by atoms with Gasteiger partial charge in [-0.15, -0.1) is 0 Å².